The van der Waals surface area contributed by atoms with E-state index in [1.165, 1.54) is 48.9 Å². The van der Waals surface area contributed by atoms with Crippen molar-refractivity contribution in [3.8, 4) is 0 Å². The van der Waals surface area contributed by atoms with Crippen LogP contribution in [0.15, 0.2) is 60.7 Å². The van der Waals surface area contributed by atoms with Crippen molar-refractivity contribution in [1.82, 2.24) is 0 Å². The van der Waals surface area contributed by atoms with Crippen molar-refractivity contribution >= 4 is 18.7 Å². The predicted molar refractivity (Wildman–Crippen MR) is 120 cm³/mol. The molecular weight excluding hydrogens is 356 g/mol. The predicted octanol–water partition coefficient (Wildman–Crippen LogP) is 5.53. The van der Waals surface area contributed by atoms with Crippen LogP contribution < -0.4 is 10.4 Å². The van der Waals surface area contributed by atoms with Gasteiger partial charge in [-0.1, -0.05) is 81.4 Å². The first-order valence-corrected chi connectivity index (χ1v) is 13.1. The lowest BCUT2D eigenvalue weighted by atomic mass is 9.54. The van der Waals surface area contributed by atoms with Crippen molar-refractivity contribution in [1.29, 1.82) is 0 Å². The molecule has 4 fully saturated rings. The van der Waals surface area contributed by atoms with Crippen molar-refractivity contribution in [3.05, 3.63) is 60.7 Å². The minimum absolute atomic E-state index is 0.0824. The van der Waals surface area contributed by atoms with Gasteiger partial charge in [0.15, 0.2) is 0 Å². The van der Waals surface area contributed by atoms with E-state index in [4.69, 9.17) is 4.43 Å². The second kappa shape index (κ2) is 6.57. The van der Waals surface area contributed by atoms with Gasteiger partial charge in [0.25, 0.3) is 8.32 Å². The van der Waals surface area contributed by atoms with Gasteiger partial charge in [-0.05, 0) is 71.7 Å². The molecule has 1 nitrogen and oxygen atoms in total. The Morgan fingerprint density at radius 2 is 1.11 bits per heavy atom. The highest BCUT2D eigenvalue weighted by Crippen LogP contribution is 2.58. The van der Waals surface area contributed by atoms with Crippen molar-refractivity contribution in [2.24, 2.45) is 17.8 Å². The average Bonchev–Trinajstić information content (AvgIpc) is 2.65. The molecule has 0 aromatic heterocycles. The summed E-state index contributed by atoms with van der Waals surface area (Å²) in [4.78, 5) is 0. The number of hydrogen-bond donors (Lipinski definition) is 0. The van der Waals surface area contributed by atoms with Crippen LogP contribution >= 0.6 is 0 Å². The van der Waals surface area contributed by atoms with Gasteiger partial charge < -0.3 is 4.43 Å². The van der Waals surface area contributed by atoms with Crippen LogP contribution in [-0.2, 0) is 4.43 Å². The third kappa shape index (κ3) is 2.92. The Kier molecular flexibility index (Phi) is 4.37. The molecular formula is C26H34OSi. The summed E-state index contributed by atoms with van der Waals surface area (Å²) >= 11 is 0. The molecule has 0 heterocycles. The van der Waals surface area contributed by atoms with Crippen LogP contribution in [0.4, 0.5) is 0 Å². The van der Waals surface area contributed by atoms with Crippen LogP contribution in [0.3, 0.4) is 0 Å². The van der Waals surface area contributed by atoms with Gasteiger partial charge in [-0.25, -0.2) is 0 Å². The molecule has 148 valence electrons. The third-order valence-corrected chi connectivity index (χ3v) is 12.9. The van der Waals surface area contributed by atoms with Crippen LogP contribution in [0.1, 0.15) is 59.3 Å². The van der Waals surface area contributed by atoms with Gasteiger partial charge in [0.1, 0.15) is 0 Å². The second-order valence-corrected chi connectivity index (χ2v) is 15.1. The summed E-state index contributed by atoms with van der Waals surface area (Å²) in [6.45, 7) is 7.25. The van der Waals surface area contributed by atoms with E-state index in [9.17, 15) is 0 Å². The standard InChI is InChI=1S/C26H34OSi/c1-25(2,3)28(23-10-6-4-7-11-23,24-12-8-5-9-13-24)27-26-17-20-14-21(18-26)16-22(15-20)19-26/h4-13,20-22H,14-19H2,1-3H3. The molecule has 4 aliphatic carbocycles. The van der Waals surface area contributed by atoms with E-state index in [1.807, 2.05) is 0 Å². The van der Waals surface area contributed by atoms with E-state index < -0.39 is 8.32 Å². The first kappa shape index (κ1) is 18.6. The maximum Gasteiger partial charge on any atom is 0.261 e. The van der Waals surface area contributed by atoms with E-state index >= 15 is 0 Å². The Balaban J connectivity index is 1.66. The molecule has 0 radical (unpaired) electrons. The molecule has 4 aliphatic rings. The molecule has 0 N–H and O–H groups in total. The fourth-order valence-electron chi connectivity index (χ4n) is 7.13. The van der Waals surface area contributed by atoms with Crippen LogP contribution in [0.25, 0.3) is 0 Å². The minimum Gasteiger partial charge on any atom is -0.402 e. The molecule has 28 heavy (non-hydrogen) atoms. The first-order valence-electron chi connectivity index (χ1n) is 11.2. The van der Waals surface area contributed by atoms with E-state index in [0.717, 1.165) is 17.8 Å². The van der Waals surface area contributed by atoms with Crippen LogP contribution in [0, 0.1) is 17.8 Å². The molecule has 0 aliphatic heterocycles. The average molecular weight is 391 g/mol. The van der Waals surface area contributed by atoms with Gasteiger partial charge in [-0.2, -0.15) is 0 Å². The highest BCUT2D eigenvalue weighted by molar-refractivity contribution is 6.99. The maximum absolute atomic E-state index is 7.71. The normalized spacial score (nSPS) is 31.9. The quantitative estimate of drug-likeness (QED) is 0.624. The van der Waals surface area contributed by atoms with E-state index in [-0.39, 0.29) is 10.6 Å². The summed E-state index contributed by atoms with van der Waals surface area (Å²) in [5.74, 6) is 2.72. The fourth-order valence-corrected chi connectivity index (χ4v) is 12.0. The highest BCUT2D eigenvalue weighted by atomic mass is 28.4. The van der Waals surface area contributed by atoms with Gasteiger partial charge in [-0.3, -0.25) is 0 Å². The zero-order valence-electron chi connectivity index (χ0n) is 17.7. The lowest BCUT2D eigenvalue weighted by Gasteiger charge is -2.60. The lowest BCUT2D eigenvalue weighted by molar-refractivity contribution is -0.113. The summed E-state index contributed by atoms with van der Waals surface area (Å²) in [6, 6.07) is 22.4. The first-order chi connectivity index (χ1) is 13.4. The summed E-state index contributed by atoms with van der Waals surface area (Å²) in [5.41, 5.74) is 0.111. The third-order valence-electron chi connectivity index (χ3n) is 7.77. The summed E-state index contributed by atoms with van der Waals surface area (Å²) in [7, 11) is -2.43. The molecule has 4 bridgehead atoms. The summed E-state index contributed by atoms with van der Waals surface area (Å²) in [5, 5.41) is 2.95. The van der Waals surface area contributed by atoms with Crippen LogP contribution in [0.2, 0.25) is 5.04 Å². The van der Waals surface area contributed by atoms with Gasteiger partial charge in [0.2, 0.25) is 0 Å². The zero-order chi connectivity index (χ0) is 19.4. The number of hydrogen-bond acceptors (Lipinski definition) is 1. The smallest absolute Gasteiger partial charge is 0.261 e. The fraction of sp³-hybridized carbons (Fsp3) is 0.538. The topological polar surface area (TPSA) is 9.23 Å². The molecule has 0 unspecified atom stereocenters. The second-order valence-electron chi connectivity index (χ2n) is 10.9. The summed E-state index contributed by atoms with van der Waals surface area (Å²) < 4.78 is 7.71. The molecule has 0 amide bonds. The Morgan fingerprint density at radius 1 is 0.714 bits per heavy atom. The summed E-state index contributed by atoms with van der Waals surface area (Å²) in [6.07, 6.45) is 8.27. The van der Waals surface area contributed by atoms with Gasteiger partial charge >= 0.3 is 0 Å². The Hall–Kier alpha value is -1.38. The monoisotopic (exact) mass is 390 g/mol. The SMILES string of the molecule is CC(C)(C)[Si](OC12CC3CC(CC(C3)C1)C2)(c1ccccc1)c1ccccc1. The van der Waals surface area contributed by atoms with Crippen molar-refractivity contribution in [3.63, 3.8) is 0 Å². The maximum atomic E-state index is 7.71. The van der Waals surface area contributed by atoms with Crippen molar-refractivity contribution < 1.29 is 4.43 Å². The van der Waals surface area contributed by atoms with E-state index in [1.54, 1.807) is 0 Å². The Bertz CT molecular complexity index is 746. The van der Waals surface area contributed by atoms with Gasteiger partial charge in [0, 0.05) is 0 Å². The van der Waals surface area contributed by atoms with Crippen molar-refractivity contribution in [2.45, 2.75) is 69.9 Å². The molecule has 2 aromatic carbocycles. The molecule has 2 heteroatoms. The molecule has 6 rings (SSSR count). The molecule has 2 aromatic rings. The molecule has 4 saturated carbocycles. The molecule has 0 spiro atoms. The Morgan fingerprint density at radius 3 is 1.46 bits per heavy atom. The van der Waals surface area contributed by atoms with E-state index in [0.29, 0.717) is 0 Å². The molecule has 0 saturated heterocycles. The van der Waals surface area contributed by atoms with Crippen molar-refractivity contribution in [2.75, 3.05) is 0 Å². The largest absolute Gasteiger partial charge is 0.402 e. The van der Waals surface area contributed by atoms with Gasteiger partial charge in [-0.15, -0.1) is 0 Å². The van der Waals surface area contributed by atoms with Crippen LogP contribution in [-0.4, -0.2) is 13.9 Å². The van der Waals surface area contributed by atoms with Crippen LogP contribution in [0.5, 0.6) is 0 Å². The van der Waals surface area contributed by atoms with Gasteiger partial charge in [0.05, 0.1) is 5.60 Å². The lowest BCUT2D eigenvalue weighted by Crippen LogP contribution is -2.71. The molecule has 0 atom stereocenters. The minimum atomic E-state index is -2.43. The number of rotatable bonds is 4. The zero-order valence-corrected chi connectivity index (χ0v) is 18.7. The number of benzene rings is 2. The highest BCUT2D eigenvalue weighted by Gasteiger charge is 2.59. The van der Waals surface area contributed by atoms with E-state index in [2.05, 4.69) is 81.4 Å². The Labute approximate surface area is 171 Å².